The predicted molar refractivity (Wildman–Crippen MR) is 83.5 cm³/mol. The van der Waals surface area contributed by atoms with Gasteiger partial charge < -0.3 is 19.2 Å². The minimum atomic E-state index is -0.251. The second-order valence-electron chi connectivity index (χ2n) is 5.12. The Hall–Kier alpha value is -2.12. The van der Waals surface area contributed by atoms with Crippen molar-refractivity contribution < 1.29 is 24.1 Å². The number of benzene rings is 1. The summed E-state index contributed by atoms with van der Waals surface area (Å²) in [7, 11) is 1.47. The molecule has 0 aromatic heterocycles. The molecule has 3 rings (SSSR count). The summed E-state index contributed by atoms with van der Waals surface area (Å²) in [6, 6.07) is 7.52. The number of oxime groups is 1. The van der Waals surface area contributed by atoms with Crippen molar-refractivity contribution in [3.8, 4) is 5.75 Å². The summed E-state index contributed by atoms with van der Waals surface area (Å²) in [5, 5.41) is 4.03. The van der Waals surface area contributed by atoms with E-state index in [1.165, 1.54) is 7.11 Å². The predicted octanol–water partition coefficient (Wildman–Crippen LogP) is 2.30. The molecule has 0 aliphatic carbocycles. The first-order chi connectivity index (χ1) is 11.4. The molecule has 0 N–H and O–H groups in total. The number of para-hydroxylation sites is 1. The van der Waals surface area contributed by atoms with Gasteiger partial charge in [0.05, 0.1) is 18.7 Å². The molecule has 2 heterocycles. The number of hydrogen-bond acceptors (Lipinski definition) is 7. The zero-order valence-electron chi connectivity index (χ0n) is 13.1. The van der Waals surface area contributed by atoms with Gasteiger partial charge in [-0.2, -0.15) is 4.89 Å². The van der Waals surface area contributed by atoms with Gasteiger partial charge in [0.15, 0.2) is 12.0 Å². The molecule has 2 aliphatic heterocycles. The molecule has 23 heavy (non-hydrogen) atoms. The molecule has 0 amide bonds. The Balaban J connectivity index is 1.87. The van der Waals surface area contributed by atoms with Crippen LogP contribution in [0.2, 0.25) is 0 Å². The Morgan fingerprint density at radius 1 is 1.26 bits per heavy atom. The third kappa shape index (κ3) is 4.00. The van der Waals surface area contributed by atoms with E-state index < -0.39 is 0 Å². The maximum atomic E-state index is 5.99. The van der Waals surface area contributed by atoms with Crippen molar-refractivity contribution in [2.45, 2.75) is 25.6 Å². The summed E-state index contributed by atoms with van der Waals surface area (Å²) < 4.78 is 11.6. The van der Waals surface area contributed by atoms with Crippen molar-refractivity contribution in [2.75, 3.05) is 26.9 Å². The van der Waals surface area contributed by atoms with Gasteiger partial charge >= 0.3 is 0 Å². The Morgan fingerprint density at radius 2 is 2.17 bits per heavy atom. The van der Waals surface area contributed by atoms with Crippen LogP contribution in [0, 0.1) is 0 Å². The molecule has 2 aliphatic rings. The summed E-state index contributed by atoms with van der Waals surface area (Å²) in [6.07, 6.45) is 2.78. The lowest BCUT2D eigenvalue weighted by atomic mass is 10.1. The SMILES string of the molecule is CON=C(C1=NCCOO1)c1ccccc1OC1CCCCO1. The summed E-state index contributed by atoms with van der Waals surface area (Å²) in [6.45, 7) is 1.64. The first kappa shape index (κ1) is 15.8. The largest absolute Gasteiger partial charge is 0.464 e. The summed E-state index contributed by atoms with van der Waals surface area (Å²) >= 11 is 0. The van der Waals surface area contributed by atoms with Crippen LogP contribution < -0.4 is 4.74 Å². The maximum Gasteiger partial charge on any atom is 0.281 e. The van der Waals surface area contributed by atoms with Crippen LogP contribution in [0.1, 0.15) is 24.8 Å². The first-order valence-electron chi connectivity index (χ1n) is 7.71. The topological polar surface area (TPSA) is 70.9 Å². The van der Waals surface area contributed by atoms with Crippen LogP contribution in [-0.4, -0.2) is 44.8 Å². The maximum absolute atomic E-state index is 5.99. The van der Waals surface area contributed by atoms with Gasteiger partial charge in [0.25, 0.3) is 5.90 Å². The average molecular weight is 320 g/mol. The van der Waals surface area contributed by atoms with Crippen molar-refractivity contribution in [1.29, 1.82) is 0 Å². The molecule has 1 fully saturated rings. The zero-order chi connectivity index (χ0) is 15.9. The number of hydrogen-bond donors (Lipinski definition) is 0. The molecule has 1 aromatic carbocycles. The lowest BCUT2D eigenvalue weighted by molar-refractivity contribution is -0.224. The fraction of sp³-hybridized carbons (Fsp3) is 0.500. The molecule has 1 atom stereocenters. The summed E-state index contributed by atoms with van der Waals surface area (Å²) in [5.41, 5.74) is 1.14. The molecule has 1 unspecified atom stereocenters. The highest BCUT2D eigenvalue weighted by atomic mass is 17.2. The summed E-state index contributed by atoms with van der Waals surface area (Å²) in [5.74, 6) is 0.922. The van der Waals surface area contributed by atoms with E-state index in [0.717, 1.165) is 25.9 Å². The van der Waals surface area contributed by atoms with E-state index in [1.807, 2.05) is 24.3 Å². The molecule has 0 spiro atoms. The van der Waals surface area contributed by atoms with Crippen LogP contribution >= 0.6 is 0 Å². The monoisotopic (exact) mass is 320 g/mol. The van der Waals surface area contributed by atoms with Gasteiger partial charge in [-0.05, 0) is 25.0 Å². The number of ether oxygens (including phenoxy) is 2. The van der Waals surface area contributed by atoms with Crippen LogP contribution in [0.3, 0.4) is 0 Å². The van der Waals surface area contributed by atoms with Crippen LogP contribution in [0.15, 0.2) is 34.4 Å². The highest BCUT2D eigenvalue weighted by Gasteiger charge is 2.24. The summed E-state index contributed by atoms with van der Waals surface area (Å²) in [4.78, 5) is 19.4. The van der Waals surface area contributed by atoms with Gasteiger partial charge in [-0.3, -0.25) is 0 Å². The van der Waals surface area contributed by atoms with Gasteiger partial charge in [0.1, 0.15) is 19.5 Å². The first-order valence-corrected chi connectivity index (χ1v) is 7.71. The van der Waals surface area contributed by atoms with Gasteiger partial charge in [0.2, 0.25) is 0 Å². The number of aliphatic imine (C=N–C) groups is 1. The van der Waals surface area contributed by atoms with Crippen molar-refractivity contribution in [3.63, 3.8) is 0 Å². The van der Waals surface area contributed by atoms with Crippen LogP contribution in [0.25, 0.3) is 0 Å². The van der Waals surface area contributed by atoms with Crippen molar-refractivity contribution in [1.82, 2.24) is 0 Å². The van der Waals surface area contributed by atoms with E-state index in [4.69, 9.17) is 24.1 Å². The minimum Gasteiger partial charge on any atom is -0.464 e. The van der Waals surface area contributed by atoms with E-state index in [0.29, 0.717) is 30.2 Å². The molecular formula is C16H20N2O5. The molecule has 124 valence electrons. The molecule has 0 bridgehead atoms. The molecule has 7 heteroatoms. The highest BCUT2D eigenvalue weighted by Crippen LogP contribution is 2.25. The van der Waals surface area contributed by atoms with Gasteiger partial charge in [-0.1, -0.05) is 17.3 Å². The number of nitrogens with zero attached hydrogens (tertiary/aromatic N) is 2. The Bertz CT molecular complexity index is 582. The smallest absolute Gasteiger partial charge is 0.281 e. The molecule has 0 saturated carbocycles. The van der Waals surface area contributed by atoms with Crippen molar-refractivity contribution >= 4 is 11.6 Å². The van der Waals surface area contributed by atoms with E-state index in [1.54, 1.807) is 0 Å². The third-order valence-corrected chi connectivity index (χ3v) is 3.49. The lowest BCUT2D eigenvalue weighted by Gasteiger charge is -2.24. The Kier molecular flexibility index (Phi) is 5.44. The Morgan fingerprint density at radius 3 is 2.91 bits per heavy atom. The fourth-order valence-corrected chi connectivity index (χ4v) is 2.43. The van der Waals surface area contributed by atoms with E-state index in [-0.39, 0.29) is 12.2 Å². The van der Waals surface area contributed by atoms with Gasteiger partial charge in [0, 0.05) is 6.42 Å². The van der Waals surface area contributed by atoms with Crippen LogP contribution in [-0.2, 0) is 19.3 Å². The van der Waals surface area contributed by atoms with Gasteiger partial charge in [-0.15, -0.1) is 0 Å². The standard InChI is InChI=1S/C16H20N2O5/c1-19-18-15(16-17-9-11-21-23-16)12-6-2-3-7-13(12)22-14-8-4-5-10-20-14/h2-3,6-7,14H,4-5,8-11H2,1H3. The third-order valence-electron chi connectivity index (χ3n) is 3.49. The van der Waals surface area contributed by atoms with Crippen LogP contribution in [0.4, 0.5) is 0 Å². The number of rotatable bonds is 5. The second-order valence-corrected chi connectivity index (χ2v) is 5.12. The second kappa shape index (κ2) is 7.94. The van der Waals surface area contributed by atoms with Crippen molar-refractivity contribution in [2.24, 2.45) is 10.1 Å². The quantitative estimate of drug-likeness (QED) is 0.473. The molecule has 1 aromatic rings. The average Bonchev–Trinajstić information content (AvgIpc) is 2.62. The zero-order valence-corrected chi connectivity index (χ0v) is 13.1. The molecule has 0 radical (unpaired) electrons. The molecule has 1 saturated heterocycles. The van der Waals surface area contributed by atoms with E-state index in [9.17, 15) is 0 Å². The fourth-order valence-electron chi connectivity index (χ4n) is 2.43. The van der Waals surface area contributed by atoms with E-state index >= 15 is 0 Å². The normalized spacial score (nSPS) is 22.0. The Labute approximate surface area is 134 Å². The minimum absolute atomic E-state index is 0.251. The van der Waals surface area contributed by atoms with E-state index in [2.05, 4.69) is 10.1 Å². The lowest BCUT2D eigenvalue weighted by Crippen LogP contribution is -2.28. The van der Waals surface area contributed by atoms with Crippen molar-refractivity contribution in [3.05, 3.63) is 29.8 Å². The highest BCUT2D eigenvalue weighted by molar-refractivity contribution is 6.45. The molecule has 7 nitrogen and oxygen atoms in total. The molecular weight excluding hydrogens is 300 g/mol. The van der Waals surface area contributed by atoms with Crippen LogP contribution in [0.5, 0.6) is 5.75 Å². The van der Waals surface area contributed by atoms with Gasteiger partial charge in [-0.25, -0.2) is 4.99 Å².